The van der Waals surface area contributed by atoms with Crippen LogP contribution in [0.5, 0.6) is 17.2 Å². The van der Waals surface area contributed by atoms with Crippen molar-refractivity contribution >= 4 is 0 Å². The van der Waals surface area contributed by atoms with Gasteiger partial charge in [-0.15, -0.1) is 0 Å². The molecule has 0 spiro atoms. The molecule has 0 aliphatic heterocycles. The second kappa shape index (κ2) is 6.44. The fourth-order valence-electron chi connectivity index (χ4n) is 2.54. The summed E-state index contributed by atoms with van der Waals surface area (Å²) in [6.07, 6.45) is 0. The van der Waals surface area contributed by atoms with Crippen LogP contribution in [0.25, 0.3) is 22.3 Å². The van der Waals surface area contributed by atoms with Crippen molar-refractivity contribution in [3.8, 4) is 39.5 Å². The largest absolute Gasteiger partial charge is 0.508 e. The Morgan fingerprint density at radius 1 is 0.783 bits per heavy atom. The zero-order valence-electron chi connectivity index (χ0n) is 13.0. The summed E-state index contributed by atoms with van der Waals surface area (Å²) in [6, 6.07) is 21.9. The van der Waals surface area contributed by atoms with E-state index in [1.807, 2.05) is 48.5 Å². The van der Waals surface area contributed by atoms with E-state index in [0.717, 1.165) is 33.8 Å². The quantitative estimate of drug-likeness (QED) is 0.769. The number of hydrogen-bond donors (Lipinski definition) is 1. The Morgan fingerprint density at radius 2 is 1.43 bits per heavy atom. The summed E-state index contributed by atoms with van der Waals surface area (Å²) in [7, 11) is 3.30. The molecule has 0 saturated carbocycles. The number of phenolic OH excluding ortho intramolecular Hbond substituents is 1. The van der Waals surface area contributed by atoms with E-state index in [4.69, 9.17) is 9.47 Å². The van der Waals surface area contributed by atoms with Crippen LogP contribution < -0.4 is 9.47 Å². The molecule has 0 aromatic heterocycles. The number of benzene rings is 3. The molecule has 0 saturated heterocycles. The lowest BCUT2D eigenvalue weighted by Gasteiger charge is -2.14. The molecule has 3 aromatic rings. The lowest BCUT2D eigenvalue weighted by atomic mass is 9.97. The monoisotopic (exact) mass is 305 g/mol. The Bertz CT molecular complexity index is 790. The molecule has 1 radical (unpaired) electrons. The van der Waals surface area contributed by atoms with E-state index in [9.17, 15) is 5.11 Å². The topological polar surface area (TPSA) is 38.7 Å². The summed E-state index contributed by atoms with van der Waals surface area (Å²) < 4.78 is 10.8. The van der Waals surface area contributed by atoms with Crippen LogP contribution in [-0.2, 0) is 0 Å². The molecular formula is C20H17O3. The Morgan fingerprint density at radius 3 is 2.04 bits per heavy atom. The van der Waals surface area contributed by atoms with E-state index in [1.54, 1.807) is 26.4 Å². The van der Waals surface area contributed by atoms with Gasteiger partial charge in [0.15, 0.2) is 0 Å². The summed E-state index contributed by atoms with van der Waals surface area (Å²) in [4.78, 5) is 0. The Kier molecular flexibility index (Phi) is 4.20. The smallest absolute Gasteiger partial charge is 0.135 e. The minimum absolute atomic E-state index is 0.241. The lowest BCUT2D eigenvalue weighted by Crippen LogP contribution is -1.92. The molecule has 0 unspecified atom stereocenters. The summed E-state index contributed by atoms with van der Waals surface area (Å²) >= 11 is 0. The van der Waals surface area contributed by atoms with Gasteiger partial charge < -0.3 is 14.6 Å². The molecule has 0 heterocycles. The van der Waals surface area contributed by atoms with Crippen molar-refractivity contribution in [3.63, 3.8) is 0 Å². The van der Waals surface area contributed by atoms with Crippen LogP contribution in [0.3, 0.4) is 0 Å². The highest BCUT2D eigenvalue weighted by molar-refractivity contribution is 5.82. The van der Waals surface area contributed by atoms with Crippen LogP contribution in [-0.4, -0.2) is 19.3 Å². The third kappa shape index (κ3) is 2.99. The molecular weight excluding hydrogens is 288 g/mol. The van der Waals surface area contributed by atoms with Crippen molar-refractivity contribution in [1.29, 1.82) is 0 Å². The minimum atomic E-state index is 0.241. The molecule has 0 amide bonds. The molecule has 23 heavy (non-hydrogen) atoms. The SMILES string of the molecule is COc1ccc(-c2[c]ccc(-c3ccc(O)cc3)c2OC)cc1. The van der Waals surface area contributed by atoms with Gasteiger partial charge in [-0.05, 0) is 47.5 Å². The number of hydrogen-bond acceptors (Lipinski definition) is 3. The van der Waals surface area contributed by atoms with Crippen molar-refractivity contribution in [2.24, 2.45) is 0 Å². The normalized spacial score (nSPS) is 10.3. The van der Waals surface area contributed by atoms with Crippen molar-refractivity contribution < 1.29 is 14.6 Å². The highest BCUT2D eigenvalue weighted by Gasteiger charge is 2.13. The van der Waals surface area contributed by atoms with Gasteiger partial charge in [-0.3, -0.25) is 0 Å². The van der Waals surface area contributed by atoms with Gasteiger partial charge in [0.05, 0.1) is 14.2 Å². The third-order valence-corrected chi connectivity index (χ3v) is 3.71. The van der Waals surface area contributed by atoms with Crippen molar-refractivity contribution in [3.05, 3.63) is 66.7 Å². The number of ether oxygens (including phenoxy) is 2. The molecule has 3 heteroatoms. The number of phenols is 1. The van der Waals surface area contributed by atoms with Gasteiger partial charge in [-0.1, -0.05) is 30.3 Å². The van der Waals surface area contributed by atoms with E-state index in [2.05, 4.69) is 6.07 Å². The zero-order valence-corrected chi connectivity index (χ0v) is 13.0. The van der Waals surface area contributed by atoms with E-state index in [1.165, 1.54) is 0 Å². The van der Waals surface area contributed by atoms with Gasteiger partial charge in [0.1, 0.15) is 17.2 Å². The number of aromatic hydroxyl groups is 1. The van der Waals surface area contributed by atoms with Crippen LogP contribution in [0.2, 0.25) is 0 Å². The minimum Gasteiger partial charge on any atom is -0.508 e. The predicted molar refractivity (Wildman–Crippen MR) is 90.9 cm³/mol. The summed E-state index contributed by atoms with van der Waals surface area (Å²) in [5, 5.41) is 9.46. The Labute approximate surface area is 135 Å². The maximum atomic E-state index is 9.46. The Hall–Kier alpha value is -2.94. The summed E-state index contributed by atoms with van der Waals surface area (Å²) in [5.41, 5.74) is 3.82. The molecule has 0 aliphatic carbocycles. The first-order valence-electron chi connectivity index (χ1n) is 7.25. The van der Waals surface area contributed by atoms with Gasteiger partial charge in [0, 0.05) is 11.1 Å². The molecule has 0 bridgehead atoms. The first-order valence-corrected chi connectivity index (χ1v) is 7.25. The molecule has 0 atom stereocenters. The lowest BCUT2D eigenvalue weighted by molar-refractivity contribution is 0.414. The van der Waals surface area contributed by atoms with Gasteiger partial charge in [-0.2, -0.15) is 0 Å². The first-order chi connectivity index (χ1) is 11.2. The van der Waals surface area contributed by atoms with Crippen LogP contribution >= 0.6 is 0 Å². The van der Waals surface area contributed by atoms with Crippen molar-refractivity contribution in [1.82, 2.24) is 0 Å². The second-order valence-electron chi connectivity index (χ2n) is 5.07. The number of methoxy groups -OCH3 is 2. The Balaban J connectivity index is 2.11. The van der Waals surface area contributed by atoms with E-state index < -0.39 is 0 Å². The van der Waals surface area contributed by atoms with E-state index in [-0.39, 0.29) is 5.75 Å². The van der Waals surface area contributed by atoms with Crippen LogP contribution in [0, 0.1) is 6.07 Å². The van der Waals surface area contributed by atoms with Gasteiger partial charge in [-0.25, -0.2) is 0 Å². The molecule has 3 aromatic carbocycles. The third-order valence-electron chi connectivity index (χ3n) is 3.71. The van der Waals surface area contributed by atoms with Gasteiger partial charge >= 0.3 is 0 Å². The summed E-state index contributed by atoms with van der Waals surface area (Å²) in [5.74, 6) is 1.80. The molecule has 0 aliphatic rings. The molecule has 3 nitrogen and oxygen atoms in total. The van der Waals surface area contributed by atoms with E-state index in [0.29, 0.717) is 0 Å². The zero-order chi connectivity index (χ0) is 16.2. The molecule has 115 valence electrons. The average molecular weight is 305 g/mol. The van der Waals surface area contributed by atoms with Crippen LogP contribution in [0.1, 0.15) is 0 Å². The molecule has 3 rings (SSSR count). The molecule has 0 fully saturated rings. The van der Waals surface area contributed by atoms with Gasteiger partial charge in [0.2, 0.25) is 0 Å². The fourth-order valence-corrected chi connectivity index (χ4v) is 2.54. The average Bonchev–Trinajstić information content (AvgIpc) is 2.62. The van der Waals surface area contributed by atoms with Crippen molar-refractivity contribution in [2.45, 2.75) is 0 Å². The van der Waals surface area contributed by atoms with Crippen LogP contribution in [0.15, 0.2) is 60.7 Å². The predicted octanol–water partition coefficient (Wildman–Crippen LogP) is 4.54. The fraction of sp³-hybridized carbons (Fsp3) is 0.100. The molecule has 1 N–H and O–H groups in total. The van der Waals surface area contributed by atoms with Crippen LogP contribution in [0.4, 0.5) is 0 Å². The van der Waals surface area contributed by atoms with E-state index >= 15 is 0 Å². The highest BCUT2D eigenvalue weighted by Crippen LogP contribution is 2.39. The second-order valence-corrected chi connectivity index (χ2v) is 5.07. The number of rotatable bonds is 4. The first kappa shape index (κ1) is 15.0. The van der Waals surface area contributed by atoms with Crippen molar-refractivity contribution in [2.75, 3.05) is 14.2 Å². The standard InChI is InChI=1S/C20H17O3/c1-22-17-12-8-15(9-13-17)19-5-3-4-18(20(19)23-2)14-6-10-16(21)11-7-14/h3-4,6-13,21H,1-2H3. The summed E-state index contributed by atoms with van der Waals surface area (Å²) in [6.45, 7) is 0. The maximum absolute atomic E-state index is 9.46. The highest BCUT2D eigenvalue weighted by atomic mass is 16.5. The maximum Gasteiger partial charge on any atom is 0.135 e. The van der Waals surface area contributed by atoms with Gasteiger partial charge in [0.25, 0.3) is 0 Å².